The third kappa shape index (κ3) is 4.69. The molecule has 18 heavy (non-hydrogen) atoms. The summed E-state index contributed by atoms with van der Waals surface area (Å²) in [7, 11) is 1.95. The molecule has 4 heteroatoms. The van der Waals surface area contributed by atoms with Crippen LogP contribution in [-0.4, -0.2) is 29.5 Å². The number of fused-ring (bicyclic) bond motifs is 1. The third-order valence-corrected chi connectivity index (χ3v) is 2.47. The topological polar surface area (TPSA) is 39.1 Å². The highest BCUT2D eigenvalue weighted by atomic mass is 16.5. The van der Waals surface area contributed by atoms with Crippen molar-refractivity contribution in [2.45, 2.75) is 60.0 Å². The van der Waals surface area contributed by atoms with Gasteiger partial charge in [-0.3, -0.25) is 0 Å². The Kier molecular flexibility index (Phi) is 9.38. The van der Waals surface area contributed by atoms with Gasteiger partial charge in [0.05, 0.1) is 18.8 Å². The molecule has 0 saturated carbocycles. The Labute approximate surface area is 112 Å². The minimum Gasteiger partial charge on any atom is -0.476 e. The molecule has 106 valence electrons. The molecule has 0 bridgehead atoms. The summed E-state index contributed by atoms with van der Waals surface area (Å²) >= 11 is 0. The van der Waals surface area contributed by atoms with Gasteiger partial charge in [0.25, 0.3) is 0 Å². The first kappa shape index (κ1) is 17.0. The SMILES string of the molecule is CC.CCC.CCc1cnn2c1OCC(NC)C2. The fraction of sp³-hybridized carbons (Fsp3) is 0.786. The van der Waals surface area contributed by atoms with Crippen molar-refractivity contribution in [2.24, 2.45) is 0 Å². The van der Waals surface area contributed by atoms with Gasteiger partial charge in [-0.15, -0.1) is 0 Å². The van der Waals surface area contributed by atoms with Crippen LogP contribution < -0.4 is 10.1 Å². The Morgan fingerprint density at radius 2 is 2.00 bits per heavy atom. The Balaban J connectivity index is 0.000000509. The van der Waals surface area contributed by atoms with Gasteiger partial charge in [-0.2, -0.15) is 5.10 Å². The highest BCUT2D eigenvalue weighted by Crippen LogP contribution is 2.22. The van der Waals surface area contributed by atoms with Crippen molar-refractivity contribution in [1.82, 2.24) is 15.1 Å². The van der Waals surface area contributed by atoms with E-state index >= 15 is 0 Å². The summed E-state index contributed by atoms with van der Waals surface area (Å²) in [6.45, 7) is 12.0. The molecule has 0 amide bonds. The van der Waals surface area contributed by atoms with E-state index in [0.717, 1.165) is 25.5 Å². The first-order valence-corrected chi connectivity index (χ1v) is 7.11. The molecule has 0 spiro atoms. The zero-order chi connectivity index (χ0) is 14.0. The maximum Gasteiger partial charge on any atom is 0.215 e. The van der Waals surface area contributed by atoms with Crippen LogP contribution in [0.2, 0.25) is 0 Å². The molecule has 4 nitrogen and oxygen atoms in total. The van der Waals surface area contributed by atoms with Crippen LogP contribution in [-0.2, 0) is 13.0 Å². The van der Waals surface area contributed by atoms with Gasteiger partial charge < -0.3 is 10.1 Å². The lowest BCUT2D eigenvalue weighted by atomic mass is 10.2. The Morgan fingerprint density at radius 1 is 1.39 bits per heavy atom. The lowest BCUT2D eigenvalue weighted by Crippen LogP contribution is -2.39. The maximum absolute atomic E-state index is 5.63. The number of aryl methyl sites for hydroxylation is 1. The second-order valence-corrected chi connectivity index (χ2v) is 4.01. The van der Waals surface area contributed by atoms with Crippen LogP contribution in [0.25, 0.3) is 0 Å². The van der Waals surface area contributed by atoms with E-state index in [0.29, 0.717) is 6.04 Å². The molecule has 0 radical (unpaired) electrons. The van der Waals surface area contributed by atoms with E-state index in [1.54, 1.807) is 0 Å². The van der Waals surface area contributed by atoms with E-state index in [1.165, 1.54) is 12.0 Å². The highest BCUT2D eigenvalue weighted by molar-refractivity contribution is 5.25. The Morgan fingerprint density at radius 3 is 2.50 bits per heavy atom. The van der Waals surface area contributed by atoms with Gasteiger partial charge in [0, 0.05) is 5.56 Å². The van der Waals surface area contributed by atoms with Crippen molar-refractivity contribution >= 4 is 0 Å². The van der Waals surface area contributed by atoms with E-state index in [4.69, 9.17) is 4.74 Å². The van der Waals surface area contributed by atoms with Gasteiger partial charge >= 0.3 is 0 Å². The molecular weight excluding hydrogens is 226 g/mol. The summed E-state index contributed by atoms with van der Waals surface area (Å²) in [4.78, 5) is 0. The number of likely N-dealkylation sites (N-methyl/N-ethyl adjacent to an activating group) is 1. The van der Waals surface area contributed by atoms with Gasteiger partial charge in [-0.05, 0) is 13.5 Å². The molecule has 1 aromatic heterocycles. The minimum atomic E-state index is 0.386. The fourth-order valence-electron chi connectivity index (χ4n) is 1.57. The maximum atomic E-state index is 5.63. The quantitative estimate of drug-likeness (QED) is 0.883. The predicted octanol–water partition coefficient (Wildman–Crippen LogP) is 2.87. The molecule has 1 aromatic rings. The molecule has 1 N–H and O–H groups in total. The Hall–Kier alpha value is -1.03. The normalized spacial score (nSPS) is 16.4. The van der Waals surface area contributed by atoms with E-state index in [1.807, 2.05) is 31.8 Å². The van der Waals surface area contributed by atoms with Crippen LogP contribution in [0.15, 0.2) is 6.20 Å². The highest BCUT2D eigenvalue weighted by Gasteiger charge is 2.20. The third-order valence-electron chi connectivity index (χ3n) is 2.47. The first-order chi connectivity index (χ1) is 8.76. The molecule has 0 aromatic carbocycles. The second-order valence-electron chi connectivity index (χ2n) is 4.01. The van der Waals surface area contributed by atoms with Crippen LogP contribution >= 0.6 is 0 Å². The summed E-state index contributed by atoms with van der Waals surface area (Å²) in [5.74, 6) is 0.953. The molecule has 0 aliphatic carbocycles. The summed E-state index contributed by atoms with van der Waals surface area (Å²) in [5.41, 5.74) is 1.20. The Bertz CT molecular complexity index is 310. The molecular formula is C14H29N3O. The van der Waals surface area contributed by atoms with Crippen LogP contribution in [0.4, 0.5) is 0 Å². The fourth-order valence-corrected chi connectivity index (χ4v) is 1.57. The van der Waals surface area contributed by atoms with Crippen LogP contribution in [0, 0.1) is 0 Å². The largest absolute Gasteiger partial charge is 0.476 e. The molecule has 0 fully saturated rings. The van der Waals surface area contributed by atoms with Gasteiger partial charge in [0.2, 0.25) is 5.88 Å². The zero-order valence-corrected chi connectivity index (χ0v) is 12.8. The van der Waals surface area contributed by atoms with Crippen LogP contribution in [0.1, 0.15) is 46.6 Å². The van der Waals surface area contributed by atoms with E-state index in [-0.39, 0.29) is 0 Å². The van der Waals surface area contributed by atoms with Crippen LogP contribution in [0.3, 0.4) is 0 Å². The lowest BCUT2D eigenvalue weighted by Gasteiger charge is -2.24. The molecule has 1 aliphatic rings. The molecule has 1 aliphatic heterocycles. The average molecular weight is 255 g/mol. The van der Waals surface area contributed by atoms with Gasteiger partial charge in [0.1, 0.15) is 6.61 Å². The van der Waals surface area contributed by atoms with Crippen molar-refractivity contribution in [2.75, 3.05) is 13.7 Å². The van der Waals surface area contributed by atoms with Crippen molar-refractivity contribution in [1.29, 1.82) is 0 Å². The minimum absolute atomic E-state index is 0.386. The number of nitrogens with one attached hydrogen (secondary N) is 1. The smallest absolute Gasteiger partial charge is 0.215 e. The molecule has 1 atom stereocenters. The van der Waals surface area contributed by atoms with Gasteiger partial charge in [-0.25, -0.2) is 4.68 Å². The number of nitrogens with zero attached hydrogens (tertiary/aromatic N) is 2. The molecule has 2 heterocycles. The van der Waals surface area contributed by atoms with Gasteiger partial charge in [-0.1, -0.05) is 41.0 Å². The number of hydrogen-bond acceptors (Lipinski definition) is 3. The number of ether oxygens (including phenoxy) is 1. The van der Waals surface area contributed by atoms with E-state index in [9.17, 15) is 0 Å². The molecule has 1 unspecified atom stereocenters. The number of rotatable bonds is 2. The van der Waals surface area contributed by atoms with E-state index < -0.39 is 0 Å². The van der Waals surface area contributed by atoms with Crippen LogP contribution in [0.5, 0.6) is 5.88 Å². The molecule has 0 saturated heterocycles. The first-order valence-electron chi connectivity index (χ1n) is 7.11. The van der Waals surface area contributed by atoms with Crippen molar-refractivity contribution in [3.05, 3.63) is 11.8 Å². The summed E-state index contributed by atoms with van der Waals surface area (Å²) in [6.07, 6.45) is 4.13. The summed E-state index contributed by atoms with van der Waals surface area (Å²) < 4.78 is 7.56. The second kappa shape index (κ2) is 9.95. The van der Waals surface area contributed by atoms with Crippen molar-refractivity contribution in [3.63, 3.8) is 0 Å². The van der Waals surface area contributed by atoms with E-state index in [2.05, 4.69) is 31.2 Å². The molecule has 2 rings (SSSR count). The lowest BCUT2D eigenvalue weighted by molar-refractivity contribution is 0.187. The standard InChI is InChI=1S/C9H15N3O.C3H8.C2H6/c1-3-7-4-11-12-5-8(10-2)6-13-9(7)12;1-3-2;1-2/h4,8,10H,3,5-6H2,1-2H3;3H2,1-2H3;1-2H3. The zero-order valence-electron chi connectivity index (χ0n) is 12.8. The number of aromatic nitrogens is 2. The van der Waals surface area contributed by atoms with Crippen molar-refractivity contribution < 1.29 is 4.74 Å². The number of hydrogen-bond donors (Lipinski definition) is 1. The summed E-state index contributed by atoms with van der Waals surface area (Å²) in [5, 5.41) is 7.46. The average Bonchev–Trinajstić information content (AvgIpc) is 2.83. The van der Waals surface area contributed by atoms with Gasteiger partial charge in [0.15, 0.2) is 0 Å². The summed E-state index contributed by atoms with van der Waals surface area (Å²) in [6, 6.07) is 0.386. The monoisotopic (exact) mass is 255 g/mol. The van der Waals surface area contributed by atoms with Crippen molar-refractivity contribution in [3.8, 4) is 5.88 Å². The predicted molar refractivity (Wildman–Crippen MR) is 77.3 cm³/mol.